The number of nitrogen functional groups attached to an aromatic ring is 1. The Bertz CT molecular complexity index is 348. The van der Waals surface area contributed by atoms with E-state index in [4.69, 9.17) is 15.3 Å². The van der Waals surface area contributed by atoms with Crippen molar-refractivity contribution in [3.63, 3.8) is 0 Å². The molecular formula is C11H21N5O2. The van der Waals surface area contributed by atoms with Crippen molar-refractivity contribution in [1.82, 2.24) is 9.97 Å². The molecule has 1 aromatic rings. The molecule has 0 aliphatic rings. The van der Waals surface area contributed by atoms with Crippen LogP contribution in [0.15, 0.2) is 6.33 Å². The Kier molecular flexibility index (Phi) is 6.82. The Morgan fingerprint density at radius 3 is 2.72 bits per heavy atom. The van der Waals surface area contributed by atoms with Crippen LogP contribution in [0.4, 0.5) is 11.6 Å². The molecule has 0 unspecified atom stereocenters. The van der Waals surface area contributed by atoms with Crippen LogP contribution in [0.5, 0.6) is 5.75 Å². The van der Waals surface area contributed by atoms with Crippen molar-refractivity contribution in [3.8, 4) is 5.75 Å². The molecule has 1 rings (SSSR count). The number of ether oxygens (including phenoxy) is 2. The first-order chi connectivity index (χ1) is 8.83. The lowest BCUT2D eigenvalue weighted by Gasteiger charge is -2.12. The summed E-state index contributed by atoms with van der Waals surface area (Å²) >= 11 is 0. The summed E-state index contributed by atoms with van der Waals surface area (Å²) in [5.74, 6) is 6.87. The number of hydrogen-bond donors (Lipinski definition) is 3. The fraction of sp³-hybridized carbons (Fsp3) is 0.636. The van der Waals surface area contributed by atoms with Crippen molar-refractivity contribution < 1.29 is 9.47 Å². The molecule has 0 atom stereocenters. The molecule has 7 heteroatoms. The summed E-state index contributed by atoms with van der Waals surface area (Å²) in [6, 6.07) is 0. The van der Waals surface area contributed by atoms with E-state index in [-0.39, 0.29) is 0 Å². The molecule has 7 nitrogen and oxygen atoms in total. The molecule has 0 aliphatic heterocycles. The molecule has 0 aliphatic carbocycles. The minimum atomic E-state index is 0.446. The molecule has 4 N–H and O–H groups in total. The van der Waals surface area contributed by atoms with E-state index in [1.165, 1.54) is 6.33 Å². The quantitative estimate of drug-likeness (QED) is 0.344. The summed E-state index contributed by atoms with van der Waals surface area (Å²) in [5, 5.41) is 3.12. The lowest BCUT2D eigenvalue weighted by atomic mass is 10.4. The van der Waals surface area contributed by atoms with Gasteiger partial charge in [0, 0.05) is 13.2 Å². The van der Waals surface area contributed by atoms with Gasteiger partial charge in [-0.2, -0.15) is 0 Å². The minimum absolute atomic E-state index is 0.446. The van der Waals surface area contributed by atoms with Gasteiger partial charge in [-0.1, -0.05) is 13.3 Å². The zero-order chi connectivity index (χ0) is 13.2. The van der Waals surface area contributed by atoms with E-state index in [0.29, 0.717) is 30.5 Å². The number of nitrogens with zero attached hydrogens (tertiary/aromatic N) is 2. The molecule has 0 amide bonds. The Hall–Kier alpha value is -1.60. The van der Waals surface area contributed by atoms with Crippen molar-refractivity contribution in [2.45, 2.75) is 19.8 Å². The lowest BCUT2D eigenvalue weighted by Crippen LogP contribution is -2.15. The second-order valence-corrected chi connectivity index (χ2v) is 3.64. The highest BCUT2D eigenvalue weighted by molar-refractivity contribution is 5.62. The summed E-state index contributed by atoms with van der Waals surface area (Å²) in [6.45, 7) is 4.20. The SMILES string of the molecule is CCCCOCCNc1ncnc(NN)c1OC. The molecule has 0 radical (unpaired) electrons. The van der Waals surface area contributed by atoms with Gasteiger partial charge in [0.25, 0.3) is 0 Å². The van der Waals surface area contributed by atoms with Crippen molar-refractivity contribution >= 4 is 11.6 Å². The third-order valence-electron chi connectivity index (χ3n) is 2.33. The number of aromatic nitrogens is 2. The van der Waals surface area contributed by atoms with E-state index < -0.39 is 0 Å². The minimum Gasteiger partial charge on any atom is -0.490 e. The monoisotopic (exact) mass is 255 g/mol. The lowest BCUT2D eigenvalue weighted by molar-refractivity contribution is 0.141. The third-order valence-corrected chi connectivity index (χ3v) is 2.33. The number of hydrogen-bond acceptors (Lipinski definition) is 7. The largest absolute Gasteiger partial charge is 0.490 e. The zero-order valence-electron chi connectivity index (χ0n) is 10.9. The van der Waals surface area contributed by atoms with E-state index in [0.717, 1.165) is 19.4 Å². The summed E-state index contributed by atoms with van der Waals surface area (Å²) < 4.78 is 10.6. The summed E-state index contributed by atoms with van der Waals surface area (Å²) in [4.78, 5) is 8.05. The molecule has 1 aromatic heterocycles. The highest BCUT2D eigenvalue weighted by Crippen LogP contribution is 2.27. The molecule has 0 aromatic carbocycles. The van der Waals surface area contributed by atoms with Crippen LogP contribution in [-0.4, -0.2) is 36.8 Å². The van der Waals surface area contributed by atoms with Gasteiger partial charge in [0.15, 0.2) is 11.6 Å². The van der Waals surface area contributed by atoms with Gasteiger partial charge < -0.3 is 20.2 Å². The predicted octanol–water partition coefficient (Wildman–Crippen LogP) is 0.999. The highest BCUT2D eigenvalue weighted by atomic mass is 16.5. The molecular weight excluding hydrogens is 234 g/mol. The van der Waals surface area contributed by atoms with Crippen LogP contribution in [0.1, 0.15) is 19.8 Å². The van der Waals surface area contributed by atoms with Gasteiger partial charge in [-0.05, 0) is 6.42 Å². The average molecular weight is 255 g/mol. The van der Waals surface area contributed by atoms with Crippen molar-refractivity contribution in [2.24, 2.45) is 5.84 Å². The number of unbranched alkanes of at least 4 members (excludes halogenated alkanes) is 1. The van der Waals surface area contributed by atoms with Gasteiger partial charge in [-0.25, -0.2) is 15.8 Å². The molecule has 0 spiro atoms. The molecule has 18 heavy (non-hydrogen) atoms. The topological polar surface area (TPSA) is 94.3 Å². The number of hydrazine groups is 1. The first-order valence-electron chi connectivity index (χ1n) is 6.00. The van der Waals surface area contributed by atoms with Gasteiger partial charge in [0.2, 0.25) is 5.75 Å². The van der Waals surface area contributed by atoms with Crippen molar-refractivity contribution in [3.05, 3.63) is 6.33 Å². The van der Waals surface area contributed by atoms with Crippen LogP contribution in [0.2, 0.25) is 0 Å². The van der Waals surface area contributed by atoms with Crippen LogP contribution in [0, 0.1) is 0 Å². The second-order valence-electron chi connectivity index (χ2n) is 3.64. The maximum absolute atomic E-state index is 5.44. The van der Waals surface area contributed by atoms with Crippen molar-refractivity contribution in [1.29, 1.82) is 0 Å². The second kappa shape index (κ2) is 8.48. The molecule has 102 valence electrons. The highest BCUT2D eigenvalue weighted by Gasteiger charge is 2.10. The molecule has 1 heterocycles. The Morgan fingerprint density at radius 1 is 1.28 bits per heavy atom. The fourth-order valence-corrected chi connectivity index (χ4v) is 1.39. The number of methoxy groups -OCH3 is 1. The summed E-state index contributed by atoms with van der Waals surface area (Å²) in [7, 11) is 1.54. The average Bonchev–Trinajstić information content (AvgIpc) is 2.42. The number of rotatable bonds is 9. The first kappa shape index (κ1) is 14.5. The normalized spacial score (nSPS) is 10.2. The molecule has 0 bridgehead atoms. The number of anilines is 2. The van der Waals surface area contributed by atoms with Gasteiger partial charge >= 0.3 is 0 Å². The van der Waals surface area contributed by atoms with Crippen LogP contribution in [0.3, 0.4) is 0 Å². The van der Waals surface area contributed by atoms with Crippen LogP contribution >= 0.6 is 0 Å². The summed E-state index contributed by atoms with van der Waals surface area (Å²) in [6.07, 6.45) is 3.63. The van der Waals surface area contributed by atoms with E-state index in [9.17, 15) is 0 Å². The van der Waals surface area contributed by atoms with Crippen molar-refractivity contribution in [2.75, 3.05) is 37.6 Å². The zero-order valence-corrected chi connectivity index (χ0v) is 10.9. The van der Waals surface area contributed by atoms with Crippen LogP contribution in [-0.2, 0) is 4.74 Å². The van der Waals surface area contributed by atoms with Gasteiger partial charge in [-0.15, -0.1) is 0 Å². The molecule has 0 saturated carbocycles. The summed E-state index contributed by atoms with van der Waals surface area (Å²) in [5.41, 5.74) is 2.46. The van der Waals surface area contributed by atoms with Gasteiger partial charge in [-0.3, -0.25) is 0 Å². The van der Waals surface area contributed by atoms with Gasteiger partial charge in [0.1, 0.15) is 6.33 Å². The van der Waals surface area contributed by atoms with E-state index in [1.54, 1.807) is 7.11 Å². The first-order valence-corrected chi connectivity index (χ1v) is 6.00. The smallest absolute Gasteiger partial charge is 0.205 e. The molecule has 0 saturated heterocycles. The Balaban J connectivity index is 2.41. The predicted molar refractivity (Wildman–Crippen MR) is 70.6 cm³/mol. The van der Waals surface area contributed by atoms with Crippen LogP contribution in [0.25, 0.3) is 0 Å². The Morgan fingerprint density at radius 2 is 2.06 bits per heavy atom. The standard InChI is InChI=1S/C11H21N5O2/c1-3-4-6-18-7-5-13-10-9(17-2)11(16-12)15-8-14-10/h8H,3-7,12H2,1-2H3,(H2,13,14,15,16). The number of nitrogens with one attached hydrogen (secondary N) is 2. The molecule has 0 fully saturated rings. The maximum atomic E-state index is 5.44. The maximum Gasteiger partial charge on any atom is 0.205 e. The number of nitrogens with two attached hydrogens (primary N) is 1. The van der Waals surface area contributed by atoms with E-state index in [1.807, 2.05) is 0 Å². The van der Waals surface area contributed by atoms with E-state index in [2.05, 4.69) is 27.6 Å². The van der Waals surface area contributed by atoms with Gasteiger partial charge in [0.05, 0.1) is 13.7 Å². The fourth-order valence-electron chi connectivity index (χ4n) is 1.39. The van der Waals surface area contributed by atoms with E-state index >= 15 is 0 Å². The third kappa shape index (κ3) is 4.34. The Labute approximate surface area is 107 Å². The van der Waals surface area contributed by atoms with Crippen LogP contribution < -0.4 is 21.3 Å².